The van der Waals surface area contributed by atoms with Crippen molar-refractivity contribution in [3.05, 3.63) is 17.7 Å². The van der Waals surface area contributed by atoms with E-state index in [9.17, 15) is 14.7 Å². The summed E-state index contributed by atoms with van der Waals surface area (Å²) in [5.41, 5.74) is 0.164. The number of carbonyl (C=O) groups excluding carboxylic acids is 2. The Balaban J connectivity index is 3.04. The van der Waals surface area contributed by atoms with Crippen molar-refractivity contribution in [3.63, 3.8) is 0 Å². The quantitative estimate of drug-likeness (QED) is 0.526. The molecule has 0 aliphatic carbocycles. The number of rotatable bonds is 6. The summed E-state index contributed by atoms with van der Waals surface area (Å²) in [4.78, 5) is 23.6. The molecule has 0 fully saturated rings. The first-order valence-electron chi connectivity index (χ1n) is 5.93. The first-order valence-corrected chi connectivity index (χ1v) is 6.56. The van der Waals surface area contributed by atoms with Gasteiger partial charge >= 0.3 is 5.97 Å². The normalized spacial score (nSPS) is 11.4. The Morgan fingerprint density at radius 3 is 2.14 bits per heavy atom. The van der Waals surface area contributed by atoms with Gasteiger partial charge in [-0.05, 0) is 12.1 Å². The van der Waals surface area contributed by atoms with Gasteiger partial charge in [0, 0.05) is 11.3 Å². The van der Waals surface area contributed by atoms with Crippen LogP contribution in [0.4, 0.5) is 0 Å². The highest BCUT2D eigenvalue weighted by molar-refractivity contribution is 7.80. The number of thiol groups is 1. The van der Waals surface area contributed by atoms with Gasteiger partial charge in [-0.1, -0.05) is 0 Å². The van der Waals surface area contributed by atoms with Gasteiger partial charge in [-0.3, -0.25) is 4.79 Å². The van der Waals surface area contributed by atoms with Gasteiger partial charge in [0.25, 0.3) is 5.91 Å². The van der Waals surface area contributed by atoms with Gasteiger partial charge in [0.05, 0.1) is 21.3 Å². The summed E-state index contributed by atoms with van der Waals surface area (Å²) >= 11 is 3.98. The Morgan fingerprint density at radius 2 is 1.76 bits per heavy atom. The van der Waals surface area contributed by atoms with Crippen molar-refractivity contribution in [3.8, 4) is 17.2 Å². The van der Waals surface area contributed by atoms with Crippen LogP contribution in [0, 0.1) is 0 Å². The third-order valence-electron chi connectivity index (χ3n) is 2.72. The molecule has 0 heterocycles. The van der Waals surface area contributed by atoms with Gasteiger partial charge in [0.1, 0.15) is 6.04 Å². The average molecular weight is 315 g/mol. The molecule has 0 saturated carbocycles. The van der Waals surface area contributed by atoms with Gasteiger partial charge in [0.2, 0.25) is 5.75 Å². The predicted octanol–water partition coefficient (Wildman–Crippen LogP) is 0.611. The van der Waals surface area contributed by atoms with Crippen molar-refractivity contribution in [2.24, 2.45) is 0 Å². The lowest BCUT2D eigenvalue weighted by Crippen LogP contribution is -2.42. The van der Waals surface area contributed by atoms with E-state index >= 15 is 0 Å². The minimum absolute atomic E-state index is 0.0833. The number of hydrogen-bond acceptors (Lipinski definition) is 7. The molecular weight excluding hydrogens is 298 g/mol. The molecule has 1 amide bonds. The number of esters is 1. The zero-order valence-electron chi connectivity index (χ0n) is 11.9. The van der Waals surface area contributed by atoms with Crippen molar-refractivity contribution in [2.45, 2.75) is 6.04 Å². The molecule has 0 aliphatic heterocycles. The molecule has 7 nitrogen and oxygen atoms in total. The van der Waals surface area contributed by atoms with E-state index in [4.69, 9.17) is 9.47 Å². The lowest BCUT2D eigenvalue weighted by atomic mass is 10.1. The highest BCUT2D eigenvalue weighted by atomic mass is 32.1. The van der Waals surface area contributed by atoms with Crippen molar-refractivity contribution < 1.29 is 28.9 Å². The average Bonchev–Trinajstić information content (AvgIpc) is 2.51. The standard InChI is InChI=1S/C13H17NO6S/c1-18-9-4-7(5-10(19-2)11(9)15)12(16)14-8(6-21)13(17)20-3/h4-5,8,15,21H,6H2,1-3H3,(H,14,16)/t8-/m0/s1. The van der Waals surface area contributed by atoms with Gasteiger partial charge in [-0.15, -0.1) is 0 Å². The second-order valence-electron chi connectivity index (χ2n) is 3.96. The van der Waals surface area contributed by atoms with Crippen LogP contribution in [0.15, 0.2) is 12.1 Å². The molecular formula is C13H17NO6S. The van der Waals surface area contributed by atoms with Crippen molar-refractivity contribution in [1.29, 1.82) is 0 Å². The largest absolute Gasteiger partial charge is 0.502 e. The molecule has 0 aliphatic rings. The van der Waals surface area contributed by atoms with E-state index in [1.54, 1.807) is 0 Å². The number of hydrogen-bond donors (Lipinski definition) is 3. The summed E-state index contributed by atoms with van der Waals surface area (Å²) in [5.74, 6) is -1.10. The number of benzene rings is 1. The third-order valence-corrected chi connectivity index (χ3v) is 3.08. The molecule has 0 saturated heterocycles. The SMILES string of the molecule is COC(=O)[C@H](CS)NC(=O)c1cc(OC)c(O)c(OC)c1. The highest BCUT2D eigenvalue weighted by Crippen LogP contribution is 2.37. The number of phenols is 1. The van der Waals surface area contributed by atoms with E-state index in [1.807, 2.05) is 0 Å². The smallest absolute Gasteiger partial charge is 0.329 e. The summed E-state index contributed by atoms with van der Waals surface area (Å²) in [6.45, 7) is 0. The van der Waals surface area contributed by atoms with Crippen LogP contribution in [0.1, 0.15) is 10.4 Å². The second kappa shape index (κ2) is 7.63. The number of ether oxygens (including phenoxy) is 3. The van der Waals surface area contributed by atoms with Gasteiger partial charge < -0.3 is 24.6 Å². The lowest BCUT2D eigenvalue weighted by Gasteiger charge is -2.15. The summed E-state index contributed by atoms with van der Waals surface area (Å²) in [6.07, 6.45) is 0. The number of carbonyl (C=O) groups is 2. The van der Waals surface area contributed by atoms with Crippen LogP contribution in [-0.4, -0.2) is 50.1 Å². The van der Waals surface area contributed by atoms with Crippen molar-refractivity contribution in [1.82, 2.24) is 5.32 Å². The summed E-state index contributed by atoms with van der Waals surface area (Å²) in [6, 6.07) is 1.79. The fourth-order valence-corrected chi connectivity index (χ4v) is 1.83. The number of methoxy groups -OCH3 is 3. The Kier molecular flexibility index (Phi) is 6.16. The first-order chi connectivity index (χ1) is 9.98. The molecule has 0 radical (unpaired) electrons. The summed E-state index contributed by atoms with van der Waals surface area (Å²) in [5, 5.41) is 12.3. The molecule has 0 unspecified atom stereocenters. The molecule has 1 aromatic rings. The molecule has 1 aromatic carbocycles. The number of nitrogens with one attached hydrogen (secondary N) is 1. The van der Waals surface area contributed by atoms with Crippen LogP contribution in [0.3, 0.4) is 0 Å². The minimum atomic E-state index is -0.878. The maximum atomic E-state index is 12.1. The predicted molar refractivity (Wildman–Crippen MR) is 78.3 cm³/mol. The molecule has 8 heteroatoms. The zero-order valence-corrected chi connectivity index (χ0v) is 12.8. The molecule has 2 N–H and O–H groups in total. The number of phenolic OH excluding ortho intramolecular Hbond substituents is 1. The van der Waals surface area contributed by atoms with Crippen LogP contribution in [-0.2, 0) is 9.53 Å². The van der Waals surface area contributed by atoms with Crippen LogP contribution in [0.5, 0.6) is 17.2 Å². The maximum Gasteiger partial charge on any atom is 0.329 e. The fraction of sp³-hybridized carbons (Fsp3) is 0.385. The Morgan fingerprint density at radius 1 is 1.24 bits per heavy atom. The molecule has 0 bridgehead atoms. The van der Waals surface area contributed by atoms with Gasteiger partial charge in [0.15, 0.2) is 11.5 Å². The minimum Gasteiger partial charge on any atom is -0.502 e. The number of aromatic hydroxyl groups is 1. The highest BCUT2D eigenvalue weighted by Gasteiger charge is 2.22. The van der Waals surface area contributed by atoms with E-state index in [2.05, 4.69) is 22.7 Å². The summed E-state index contributed by atoms with van der Waals surface area (Å²) in [7, 11) is 3.92. The molecule has 1 rings (SSSR count). The molecule has 116 valence electrons. The third kappa shape index (κ3) is 3.94. The van der Waals surface area contributed by atoms with E-state index < -0.39 is 17.9 Å². The Hall–Kier alpha value is -2.09. The lowest BCUT2D eigenvalue weighted by molar-refractivity contribution is -0.142. The van der Waals surface area contributed by atoms with Crippen LogP contribution < -0.4 is 14.8 Å². The summed E-state index contributed by atoms with van der Waals surface area (Å²) < 4.78 is 14.5. The van der Waals surface area contributed by atoms with E-state index in [1.165, 1.54) is 33.5 Å². The zero-order chi connectivity index (χ0) is 16.0. The van der Waals surface area contributed by atoms with Crippen molar-refractivity contribution >= 4 is 24.5 Å². The second-order valence-corrected chi connectivity index (χ2v) is 4.33. The van der Waals surface area contributed by atoms with E-state index in [0.717, 1.165) is 0 Å². The molecule has 1 atom stereocenters. The van der Waals surface area contributed by atoms with Gasteiger partial charge in [-0.25, -0.2) is 4.79 Å². The maximum absolute atomic E-state index is 12.1. The molecule has 0 aromatic heterocycles. The van der Waals surface area contributed by atoms with Crippen LogP contribution in [0.25, 0.3) is 0 Å². The molecule has 0 spiro atoms. The van der Waals surface area contributed by atoms with E-state index in [-0.39, 0.29) is 28.6 Å². The fourth-order valence-electron chi connectivity index (χ4n) is 1.59. The Labute approximate surface area is 127 Å². The van der Waals surface area contributed by atoms with Crippen LogP contribution >= 0.6 is 12.6 Å². The monoisotopic (exact) mass is 315 g/mol. The Bertz CT molecular complexity index is 508. The van der Waals surface area contributed by atoms with E-state index in [0.29, 0.717) is 0 Å². The number of amides is 1. The van der Waals surface area contributed by atoms with Crippen molar-refractivity contribution in [2.75, 3.05) is 27.1 Å². The topological polar surface area (TPSA) is 94.1 Å². The van der Waals surface area contributed by atoms with Gasteiger partial charge in [-0.2, -0.15) is 12.6 Å². The molecule has 21 heavy (non-hydrogen) atoms. The van der Waals surface area contributed by atoms with Crippen LogP contribution in [0.2, 0.25) is 0 Å². The first kappa shape index (κ1) is 17.0.